The third-order valence-corrected chi connectivity index (χ3v) is 3.30. The van der Waals surface area contributed by atoms with E-state index in [2.05, 4.69) is 0 Å². The summed E-state index contributed by atoms with van der Waals surface area (Å²) in [7, 11) is 0. The zero-order valence-electron chi connectivity index (χ0n) is 11.8. The monoisotopic (exact) mass is 341 g/mol. The Kier molecular flexibility index (Phi) is 4.90. The van der Waals surface area contributed by atoms with Crippen LogP contribution < -0.4 is 4.74 Å². The van der Waals surface area contributed by atoms with E-state index in [0.29, 0.717) is 0 Å². The maximum atomic E-state index is 13.2. The maximum absolute atomic E-state index is 13.2. The molecular weight excluding hydrogens is 332 g/mol. The molecule has 0 fully saturated rings. The van der Waals surface area contributed by atoms with Crippen LogP contribution in [-0.4, -0.2) is 16.8 Å². The van der Waals surface area contributed by atoms with Gasteiger partial charge in [-0.05, 0) is 31.2 Å². The first-order chi connectivity index (χ1) is 10.8. The molecule has 0 heterocycles. The predicted octanol–water partition coefficient (Wildman–Crippen LogP) is 4.18. The molecule has 0 unspecified atom stereocenters. The van der Waals surface area contributed by atoms with Gasteiger partial charge in [-0.25, -0.2) is 8.78 Å². The second-order valence-electron chi connectivity index (χ2n) is 4.63. The van der Waals surface area contributed by atoms with Crippen molar-refractivity contribution in [2.24, 2.45) is 0 Å². The summed E-state index contributed by atoms with van der Waals surface area (Å²) >= 11 is 5.86. The number of halogens is 3. The number of carbonyl (C=O) groups is 1. The van der Waals surface area contributed by atoms with Crippen LogP contribution in [-0.2, 0) is 0 Å². The van der Waals surface area contributed by atoms with Gasteiger partial charge in [-0.15, -0.1) is 0 Å². The van der Waals surface area contributed by atoms with Crippen LogP contribution >= 0.6 is 11.6 Å². The number of Topliss-reactive ketones (excluding diaryl/α,β-unsaturated/α-hetero) is 1. The zero-order valence-corrected chi connectivity index (χ0v) is 12.5. The quantitative estimate of drug-likeness (QED) is 0.465. The Morgan fingerprint density at radius 3 is 2.48 bits per heavy atom. The van der Waals surface area contributed by atoms with Crippen molar-refractivity contribution in [2.75, 3.05) is 0 Å². The molecule has 0 aliphatic rings. The maximum Gasteiger partial charge on any atom is 0.271 e. The minimum absolute atomic E-state index is 0.0378. The number of benzene rings is 2. The predicted molar refractivity (Wildman–Crippen MR) is 78.9 cm³/mol. The van der Waals surface area contributed by atoms with E-state index in [9.17, 15) is 23.7 Å². The molecule has 2 aromatic rings. The van der Waals surface area contributed by atoms with Gasteiger partial charge in [-0.3, -0.25) is 14.9 Å². The SMILES string of the molecule is C[C@H](Oc1ccc([N+](=O)[O-])cc1Cl)C(=O)c1ccc(F)c(F)c1. The van der Waals surface area contributed by atoms with E-state index in [1.165, 1.54) is 19.1 Å². The van der Waals surface area contributed by atoms with Crippen molar-refractivity contribution >= 4 is 23.1 Å². The van der Waals surface area contributed by atoms with Crippen LogP contribution in [0, 0.1) is 21.7 Å². The summed E-state index contributed by atoms with van der Waals surface area (Å²) in [6.07, 6.45) is -1.04. The van der Waals surface area contributed by atoms with Gasteiger partial charge in [-0.1, -0.05) is 11.6 Å². The fourth-order valence-corrected chi connectivity index (χ4v) is 2.05. The molecule has 0 radical (unpaired) electrons. The first-order valence-electron chi connectivity index (χ1n) is 6.39. The zero-order chi connectivity index (χ0) is 17.1. The molecule has 0 saturated carbocycles. The van der Waals surface area contributed by atoms with Crippen molar-refractivity contribution in [1.82, 2.24) is 0 Å². The van der Waals surface area contributed by atoms with Gasteiger partial charge in [-0.2, -0.15) is 0 Å². The molecule has 0 saturated heterocycles. The third-order valence-electron chi connectivity index (χ3n) is 3.00. The summed E-state index contributed by atoms with van der Waals surface area (Å²) in [5, 5.41) is 10.6. The molecule has 23 heavy (non-hydrogen) atoms. The van der Waals surface area contributed by atoms with E-state index in [1.54, 1.807) is 0 Å². The Hall–Kier alpha value is -2.54. The number of ketones is 1. The molecule has 0 aliphatic heterocycles. The van der Waals surface area contributed by atoms with Crippen LogP contribution in [0.3, 0.4) is 0 Å². The van der Waals surface area contributed by atoms with Crippen LogP contribution in [0.1, 0.15) is 17.3 Å². The lowest BCUT2D eigenvalue weighted by molar-refractivity contribution is -0.384. The first kappa shape index (κ1) is 16.8. The largest absolute Gasteiger partial charge is 0.481 e. The minimum Gasteiger partial charge on any atom is -0.481 e. The summed E-state index contributed by atoms with van der Waals surface area (Å²) in [6.45, 7) is 1.40. The molecule has 2 rings (SSSR count). The summed E-state index contributed by atoms with van der Waals surface area (Å²) in [5.74, 6) is -2.72. The first-order valence-corrected chi connectivity index (χ1v) is 6.77. The fraction of sp³-hybridized carbons (Fsp3) is 0.133. The molecule has 0 bridgehead atoms. The fourth-order valence-electron chi connectivity index (χ4n) is 1.83. The Bertz CT molecular complexity index is 782. The standard InChI is InChI=1S/C15H10ClF2NO4/c1-8(15(20)9-2-4-12(17)13(18)6-9)23-14-5-3-10(19(21)22)7-11(14)16/h2-8H,1H3/t8-/m0/s1. The number of hydrogen-bond acceptors (Lipinski definition) is 4. The topological polar surface area (TPSA) is 69.4 Å². The Balaban J connectivity index is 2.18. The highest BCUT2D eigenvalue weighted by molar-refractivity contribution is 6.32. The lowest BCUT2D eigenvalue weighted by atomic mass is 10.1. The third kappa shape index (κ3) is 3.81. The highest BCUT2D eigenvalue weighted by Crippen LogP contribution is 2.29. The van der Waals surface area contributed by atoms with Crippen molar-refractivity contribution in [2.45, 2.75) is 13.0 Å². The number of hydrogen-bond donors (Lipinski definition) is 0. The van der Waals surface area contributed by atoms with Gasteiger partial charge in [0.15, 0.2) is 17.7 Å². The van der Waals surface area contributed by atoms with E-state index in [4.69, 9.17) is 16.3 Å². The van der Waals surface area contributed by atoms with E-state index in [1.807, 2.05) is 0 Å². The smallest absolute Gasteiger partial charge is 0.271 e. The molecule has 2 aromatic carbocycles. The van der Waals surface area contributed by atoms with Crippen molar-refractivity contribution in [1.29, 1.82) is 0 Å². The molecular formula is C15H10ClF2NO4. The average molecular weight is 342 g/mol. The van der Waals surface area contributed by atoms with Crippen LogP contribution in [0.5, 0.6) is 5.75 Å². The molecule has 0 aliphatic carbocycles. The van der Waals surface area contributed by atoms with E-state index in [-0.39, 0.29) is 22.0 Å². The second-order valence-corrected chi connectivity index (χ2v) is 5.03. The van der Waals surface area contributed by atoms with Crippen LogP contribution in [0.15, 0.2) is 36.4 Å². The van der Waals surface area contributed by atoms with Gasteiger partial charge < -0.3 is 4.74 Å². The second kappa shape index (κ2) is 6.70. The van der Waals surface area contributed by atoms with E-state index < -0.39 is 28.4 Å². The summed E-state index contributed by atoms with van der Waals surface area (Å²) in [4.78, 5) is 22.1. The molecule has 5 nitrogen and oxygen atoms in total. The number of nitrogens with zero attached hydrogens (tertiary/aromatic N) is 1. The molecule has 1 atom stereocenters. The molecule has 0 spiro atoms. The van der Waals surface area contributed by atoms with Gasteiger partial charge in [0.05, 0.1) is 9.95 Å². The average Bonchev–Trinajstić information content (AvgIpc) is 2.51. The van der Waals surface area contributed by atoms with Crippen molar-refractivity contribution in [3.63, 3.8) is 0 Å². The molecule has 120 valence electrons. The molecule has 8 heteroatoms. The number of rotatable bonds is 5. The highest BCUT2D eigenvalue weighted by Gasteiger charge is 2.20. The summed E-state index contributed by atoms with van der Waals surface area (Å²) < 4.78 is 31.4. The normalized spacial score (nSPS) is 11.8. The van der Waals surface area contributed by atoms with Crippen LogP contribution in [0.25, 0.3) is 0 Å². The van der Waals surface area contributed by atoms with Crippen molar-refractivity contribution in [3.8, 4) is 5.75 Å². The summed E-state index contributed by atoms with van der Waals surface area (Å²) in [5.41, 5.74) is -0.281. The van der Waals surface area contributed by atoms with E-state index in [0.717, 1.165) is 24.3 Å². The highest BCUT2D eigenvalue weighted by atomic mass is 35.5. The molecule has 0 amide bonds. The van der Waals surface area contributed by atoms with Gasteiger partial charge in [0.1, 0.15) is 5.75 Å². The lowest BCUT2D eigenvalue weighted by Gasteiger charge is -2.14. The number of ether oxygens (including phenoxy) is 1. The van der Waals surface area contributed by atoms with Gasteiger partial charge in [0.25, 0.3) is 5.69 Å². The Morgan fingerprint density at radius 1 is 1.22 bits per heavy atom. The minimum atomic E-state index is -1.14. The van der Waals surface area contributed by atoms with Crippen molar-refractivity contribution in [3.05, 3.63) is 68.7 Å². The van der Waals surface area contributed by atoms with Gasteiger partial charge >= 0.3 is 0 Å². The molecule has 0 N–H and O–H groups in total. The number of carbonyl (C=O) groups excluding carboxylic acids is 1. The van der Waals surface area contributed by atoms with E-state index >= 15 is 0 Å². The number of nitro groups is 1. The number of non-ortho nitro benzene ring substituents is 1. The lowest BCUT2D eigenvalue weighted by Crippen LogP contribution is -2.24. The number of nitro benzene ring substituents is 1. The van der Waals surface area contributed by atoms with Gasteiger partial charge in [0, 0.05) is 17.7 Å². The van der Waals surface area contributed by atoms with Gasteiger partial charge in [0.2, 0.25) is 5.78 Å². The van der Waals surface area contributed by atoms with Crippen molar-refractivity contribution < 1.29 is 23.2 Å². The van der Waals surface area contributed by atoms with Crippen LogP contribution in [0.4, 0.5) is 14.5 Å². The Morgan fingerprint density at radius 2 is 1.91 bits per heavy atom. The van der Waals surface area contributed by atoms with Crippen LogP contribution in [0.2, 0.25) is 5.02 Å². The Labute approximate surface area is 134 Å². The molecule has 0 aromatic heterocycles. The summed E-state index contributed by atoms with van der Waals surface area (Å²) in [6, 6.07) is 6.28.